The highest BCUT2D eigenvalue weighted by Crippen LogP contribution is 2.41. The number of hydrogen-bond donors (Lipinski definition) is 5. The van der Waals surface area contributed by atoms with Crippen LogP contribution in [0.1, 0.15) is 19.3 Å². The monoisotopic (exact) mass is 461 g/mol. The van der Waals surface area contributed by atoms with Gasteiger partial charge in [0.2, 0.25) is 0 Å². The molecule has 1 heterocycles. The number of rotatable bonds is 8. The van der Waals surface area contributed by atoms with Crippen molar-refractivity contribution in [3.63, 3.8) is 0 Å². The smallest absolute Gasteiger partial charge is 0.258 e. The summed E-state index contributed by atoms with van der Waals surface area (Å²) in [6.45, 7) is 0.674. The second kappa shape index (κ2) is 9.87. The predicted octanol–water partition coefficient (Wildman–Crippen LogP) is 3.06. The lowest BCUT2D eigenvalue weighted by Crippen LogP contribution is -2.46. The van der Waals surface area contributed by atoms with Crippen LogP contribution >= 0.6 is 12.2 Å². The first-order valence-corrected chi connectivity index (χ1v) is 11.3. The van der Waals surface area contributed by atoms with Crippen molar-refractivity contribution < 1.29 is 9.59 Å². The van der Waals surface area contributed by atoms with E-state index in [4.69, 9.17) is 12.2 Å². The van der Waals surface area contributed by atoms with E-state index in [1.807, 2.05) is 66.7 Å². The van der Waals surface area contributed by atoms with Crippen molar-refractivity contribution in [1.29, 1.82) is 0 Å². The zero-order valence-corrected chi connectivity index (χ0v) is 19.2. The number of imide groups is 1. The van der Waals surface area contributed by atoms with Gasteiger partial charge in [-0.2, -0.15) is 0 Å². The highest BCUT2D eigenvalue weighted by molar-refractivity contribution is 7.80. The van der Waals surface area contributed by atoms with Gasteiger partial charge in [-0.1, -0.05) is 36.4 Å². The summed E-state index contributed by atoms with van der Waals surface area (Å²) in [5.74, 6) is -0.671. The fraction of sp³-hybridized carbons (Fsp3) is 0.240. The molecule has 7 nitrogen and oxygen atoms in total. The largest absolute Gasteiger partial charge is 0.374 e. The van der Waals surface area contributed by atoms with Gasteiger partial charge in [0.15, 0.2) is 5.11 Å². The van der Waals surface area contributed by atoms with Gasteiger partial charge in [0.05, 0.1) is 11.1 Å². The third-order valence-corrected chi connectivity index (χ3v) is 6.21. The number of thiocarbonyl (C=S) groups is 1. The Morgan fingerprint density at radius 1 is 1.00 bits per heavy atom. The first-order chi connectivity index (χ1) is 16.0. The average Bonchev–Trinajstić information content (AvgIpc) is 3.10. The van der Waals surface area contributed by atoms with E-state index >= 15 is 0 Å². The number of hydrogen-bond acceptors (Lipinski definition) is 5. The summed E-state index contributed by atoms with van der Waals surface area (Å²) in [6, 6.07) is 19.7. The summed E-state index contributed by atoms with van der Waals surface area (Å²) >= 11 is 5.20. The first kappa shape index (κ1) is 22.5. The number of carbonyl (C=O) groups excluding carboxylic acids is 2. The maximum atomic E-state index is 12.6. The molecule has 33 heavy (non-hydrogen) atoms. The standard InChI is InChI=1S/C25H27N5O2S/c1-26-24(33)27-14-8-13-25(30-18-11-6-3-7-12-18)16-20-19(22(31)29-23(20)32)15-21(25)28-17-9-4-2-5-10-17/h2-7,9-12,15,28,30H,8,13-14,16H2,1H3,(H2,26,27,33)(H,29,31,32). The van der Waals surface area contributed by atoms with Gasteiger partial charge in [-0.3, -0.25) is 14.9 Å². The van der Waals surface area contributed by atoms with E-state index in [1.54, 1.807) is 7.05 Å². The molecule has 2 aromatic rings. The molecule has 2 aliphatic rings. The van der Waals surface area contributed by atoms with Crippen molar-refractivity contribution in [2.75, 3.05) is 24.2 Å². The SMILES string of the molecule is CNC(=S)NCCCC1(Nc2ccccc2)CC2=C(C=C1Nc1ccccc1)C(=O)NC2=O. The van der Waals surface area contributed by atoms with Crippen molar-refractivity contribution in [3.8, 4) is 0 Å². The van der Waals surface area contributed by atoms with E-state index in [2.05, 4.69) is 26.6 Å². The van der Waals surface area contributed by atoms with Crippen molar-refractivity contribution in [2.24, 2.45) is 0 Å². The second-order valence-electron chi connectivity index (χ2n) is 8.08. The van der Waals surface area contributed by atoms with E-state index < -0.39 is 5.54 Å². The molecule has 4 rings (SSSR count). The number of para-hydroxylation sites is 2. The fourth-order valence-corrected chi connectivity index (χ4v) is 4.32. The van der Waals surface area contributed by atoms with Gasteiger partial charge >= 0.3 is 0 Å². The Balaban J connectivity index is 1.71. The third-order valence-electron chi connectivity index (χ3n) is 5.86. The van der Waals surface area contributed by atoms with Gasteiger partial charge < -0.3 is 21.3 Å². The van der Waals surface area contributed by atoms with Gasteiger partial charge in [-0.05, 0) is 55.4 Å². The molecule has 2 aromatic carbocycles. The van der Waals surface area contributed by atoms with Crippen LogP contribution in [0.4, 0.5) is 11.4 Å². The second-order valence-corrected chi connectivity index (χ2v) is 8.49. The third kappa shape index (κ3) is 5.06. The molecule has 0 bridgehead atoms. The summed E-state index contributed by atoms with van der Waals surface area (Å²) in [6.07, 6.45) is 3.68. The van der Waals surface area contributed by atoms with Crippen LogP contribution in [0.25, 0.3) is 0 Å². The van der Waals surface area contributed by atoms with Gasteiger partial charge in [0.1, 0.15) is 0 Å². The minimum absolute atomic E-state index is 0.321. The molecule has 170 valence electrons. The zero-order chi connectivity index (χ0) is 23.3. The predicted molar refractivity (Wildman–Crippen MR) is 135 cm³/mol. The van der Waals surface area contributed by atoms with Crippen LogP contribution in [0.2, 0.25) is 0 Å². The minimum Gasteiger partial charge on any atom is -0.374 e. The molecule has 0 spiro atoms. The number of carbonyl (C=O) groups is 2. The summed E-state index contributed by atoms with van der Waals surface area (Å²) in [4.78, 5) is 25.0. The molecule has 1 atom stereocenters. The molecule has 0 radical (unpaired) electrons. The Hall–Kier alpha value is -3.65. The van der Waals surface area contributed by atoms with E-state index in [-0.39, 0.29) is 11.8 Å². The normalized spacial score (nSPS) is 19.4. The van der Waals surface area contributed by atoms with Crippen LogP contribution in [-0.4, -0.2) is 36.1 Å². The molecule has 5 N–H and O–H groups in total. The summed E-state index contributed by atoms with van der Waals surface area (Å²) in [5, 5.41) is 16.3. The Labute approximate surface area is 198 Å². The van der Waals surface area contributed by atoms with Gasteiger partial charge in [-0.15, -0.1) is 0 Å². The molecule has 0 aromatic heterocycles. The Morgan fingerprint density at radius 3 is 2.33 bits per heavy atom. The average molecular weight is 462 g/mol. The maximum Gasteiger partial charge on any atom is 0.258 e. The van der Waals surface area contributed by atoms with Crippen LogP contribution in [-0.2, 0) is 9.59 Å². The number of amides is 2. The molecule has 0 saturated heterocycles. The molecular formula is C25H27N5O2S. The Bertz CT molecular complexity index is 1110. The van der Waals surface area contributed by atoms with E-state index in [9.17, 15) is 9.59 Å². The van der Waals surface area contributed by atoms with Gasteiger partial charge in [-0.25, -0.2) is 0 Å². The Morgan fingerprint density at radius 2 is 1.67 bits per heavy atom. The fourth-order valence-electron chi connectivity index (χ4n) is 4.22. The van der Waals surface area contributed by atoms with Gasteiger partial charge in [0.25, 0.3) is 11.8 Å². The maximum absolute atomic E-state index is 12.6. The first-order valence-electron chi connectivity index (χ1n) is 10.9. The molecule has 0 fully saturated rings. The quantitative estimate of drug-likeness (QED) is 0.234. The summed E-state index contributed by atoms with van der Waals surface area (Å²) < 4.78 is 0. The summed E-state index contributed by atoms with van der Waals surface area (Å²) in [7, 11) is 1.78. The van der Waals surface area contributed by atoms with Crippen LogP contribution in [0.3, 0.4) is 0 Å². The number of anilines is 2. The van der Waals surface area contributed by atoms with Crippen LogP contribution in [0, 0.1) is 0 Å². The molecule has 8 heteroatoms. The van der Waals surface area contributed by atoms with Crippen molar-refractivity contribution in [1.82, 2.24) is 16.0 Å². The lowest BCUT2D eigenvalue weighted by atomic mass is 9.77. The van der Waals surface area contributed by atoms with Crippen LogP contribution in [0.5, 0.6) is 0 Å². The topological polar surface area (TPSA) is 94.3 Å². The van der Waals surface area contributed by atoms with Crippen molar-refractivity contribution >= 4 is 40.5 Å². The number of nitrogens with one attached hydrogen (secondary N) is 5. The van der Waals surface area contributed by atoms with Crippen LogP contribution < -0.4 is 26.6 Å². The van der Waals surface area contributed by atoms with E-state index in [1.165, 1.54) is 0 Å². The molecule has 0 saturated carbocycles. The summed E-state index contributed by atoms with van der Waals surface area (Å²) in [5.41, 5.74) is 3.01. The van der Waals surface area contributed by atoms with E-state index in [0.717, 1.165) is 23.5 Å². The van der Waals surface area contributed by atoms with Crippen LogP contribution in [0.15, 0.2) is 83.6 Å². The molecule has 1 aliphatic heterocycles. The highest BCUT2D eigenvalue weighted by atomic mass is 32.1. The molecule has 2 amide bonds. The number of benzene rings is 2. The Kier molecular flexibility index (Phi) is 6.74. The minimum atomic E-state index is -0.624. The highest BCUT2D eigenvalue weighted by Gasteiger charge is 2.44. The lowest BCUT2D eigenvalue weighted by molar-refractivity contribution is -0.124. The molecular weight excluding hydrogens is 434 g/mol. The van der Waals surface area contributed by atoms with Gasteiger partial charge in [0, 0.05) is 42.7 Å². The molecule has 1 aliphatic carbocycles. The molecule has 1 unspecified atom stereocenters. The van der Waals surface area contributed by atoms with Crippen molar-refractivity contribution in [2.45, 2.75) is 24.8 Å². The van der Waals surface area contributed by atoms with Crippen molar-refractivity contribution in [3.05, 3.63) is 83.6 Å². The lowest BCUT2D eigenvalue weighted by Gasteiger charge is -2.41. The van der Waals surface area contributed by atoms with E-state index in [0.29, 0.717) is 35.6 Å². The zero-order valence-electron chi connectivity index (χ0n) is 18.4.